The Morgan fingerprint density at radius 3 is 2.39 bits per heavy atom. The largest absolute Gasteiger partial charge is 0.384 e. The minimum atomic E-state index is -3.90. The standard InChI is InChI=1S/C24H30N4O5S3/c1-16(29)26-19-10-11-20(22(14-19)36(31,32)28-24(2,3)4)21-15-25-23(34-21)17-6-8-18(9-7-17)27-35(30)13-12-33-5/h6-11,14-15,27-28H,12-13H2,1-5H3,(H,26,29). The molecule has 3 aromatic rings. The normalized spacial score (nSPS) is 12.8. The Bertz CT molecular complexity index is 1350. The second-order valence-corrected chi connectivity index (χ2v) is 13.0. The number of sulfonamides is 1. The van der Waals surface area contributed by atoms with E-state index in [1.807, 2.05) is 24.3 Å². The van der Waals surface area contributed by atoms with Gasteiger partial charge in [-0.2, -0.15) is 0 Å². The van der Waals surface area contributed by atoms with Crippen LogP contribution in [-0.4, -0.2) is 48.5 Å². The van der Waals surface area contributed by atoms with Gasteiger partial charge in [0.2, 0.25) is 15.9 Å². The van der Waals surface area contributed by atoms with Crippen molar-refractivity contribution in [2.45, 2.75) is 38.1 Å². The predicted molar refractivity (Wildman–Crippen MR) is 146 cm³/mol. The molecule has 3 N–H and O–H groups in total. The molecule has 3 rings (SSSR count). The van der Waals surface area contributed by atoms with E-state index < -0.39 is 26.5 Å². The number of hydrogen-bond donors (Lipinski definition) is 3. The molecule has 12 heteroatoms. The third-order valence-electron chi connectivity index (χ3n) is 4.64. The molecular weight excluding hydrogens is 520 g/mol. The number of hydrogen-bond acceptors (Lipinski definition) is 7. The van der Waals surface area contributed by atoms with Gasteiger partial charge in [0.15, 0.2) is 0 Å². The highest BCUT2D eigenvalue weighted by atomic mass is 32.2. The van der Waals surface area contributed by atoms with Crippen molar-refractivity contribution in [2.24, 2.45) is 0 Å². The van der Waals surface area contributed by atoms with Crippen molar-refractivity contribution in [2.75, 3.05) is 29.5 Å². The first-order valence-electron chi connectivity index (χ1n) is 11.0. The van der Waals surface area contributed by atoms with Crippen LogP contribution in [0.3, 0.4) is 0 Å². The minimum Gasteiger partial charge on any atom is -0.384 e. The molecule has 0 saturated carbocycles. The monoisotopic (exact) mass is 550 g/mol. The zero-order valence-electron chi connectivity index (χ0n) is 20.7. The lowest BCUT2D eigenvalue weighted by molar-refractivity contribution is -0.114. The molecule has 2 aromatic carbocycles. The molecule has 1 aromatic heterocycles. The van der Waals surface area contributed by atoms with Crippen molar-refractivity contribution in [3.63, 3.8) is 0 Å². The molecule has 36 heavy (non-hydrogen) atoms. The van der Waals surface area contributed by atoms with E-state index in [2.05, 4.69) is 19.7 Å². The molecule has 0 fully saturated rings. The van der Waals surface area contributed by atoms with Gasteiger partial charge in [0, 0.05) is 48.3 Å². The van der Waals surface area contributed by atoms with Crippen molar-refractivity contribution in [1.82, 2.24) is 9.71 Å². The van der Waals surface area contributed by atoms with E-state index in [0.29, 0.717) is 39.2 Å². The van der Waals surface area contributed by atoms with Crippen molar-refractivity contribution >= 4 is 49.6 Å². The molecule has 0 aliphatic carbocycles. The third-order valence-corrected chi connectivity index (χ3v) is 8.52. The highest BCUT2D eigenvalue weighted by molar-refractivity contribution is 7.89. The maximum Gasteiger partial charge on any atom is 0.241 e. The number of carbonyl (C=O) groups is 1. The van der Waals surface area contributed by atoms with E-state index in [9.17, 15) is 17.4 Å². The second-order valence-electron chi connectivity index (χ2n) is 9.00. The molecule has 1 atom stereocenters. The van der Waals surface area contributed by atoms with Crippen molar-refractivity contribution in [1.29, 1.82) is 0 Å². The van der Waals surface area contributed by atoms with Gasteiger partial charge in [-0.3, -0.25) is 4.79 Å². The van der Waals surface area contributed by atoms with Gasteiger partial charge in [-0.1, -0.05) is 6.07 Å². The fourth-order valence-electron chi connectivity index (χ4n) is 3.24. The van der Waals surface area contributed by atoms with Gasteiger partial charge in [0.05, 0.1) is 22.1 Å². The minimum absolute atomic E-state index is 0.0527. The molecule has 9 nitrogen and oxygen atoms in total. The first-order chi connectivity index (χ1) is 16.9. The Hall–Kier alpha value is -2.64. The number of ether oxygens (including phenoxy) is 1. The van der Waals surface area contributed by atoms with Crippen molar-refractivity contribution in [3.05, 3.63) is 48.7 Å². The van der Waals surface area contributed by atoms with Gasteiger partial charge >= 0.3 is 0 Å². The summed E-state index contributed by atoms with van der Waals surface area (Å²) in [4.78, 5) is 16.8. The number of carbonyl (C=O) groups excluding carboxylic acids is 1. The second kappa shape index (κ2) is 11.6. The number of amides is 1. The molecule has 1 heterocycles. The van der Waals surface area contributed by atoms with E-state index in [-0.39, 0.29) is 10.8 Å². The predicted octanol–water partition coefficient (Wildman–Crippen LogP) is 4.23. The lowest BCUT2D eigenvalue weighted by Crippen LogP contribution is -2.40. The van der Waals surface area contributed by atoms with Crippen LogP contribution in [-0.2, 0) is 30.5 Å². The average molecular weight is 551 g/mol. The Morgan fingerprint density at radius 2 is 1.78 bits per heavy atom. The van der Waals surface area contributed by atoms with E-state index in [0.717, 1.165) is 5.56 Å². The summed E-state index contributed by atoms with van der Waals surface area (Å²) in [5, 5.41) is 3.35. The highest BCUT2D eigenvalue weighted by Gasteiger charge is 2.26. The van der Waals surface area contributed by atoms with Gasteiger partial charge < -0.3 is 14.8 Å². The Labute approximate surface area is 218 Å². The maximum absolute atomic E-state index is 13.3. The topological polar surface area (TPSA) is 126 Å². The van der Waals surface area contributed by atoms with Gasteiger partial charge in [0.1, 0.15) is 16.0 Å². The number of nitrogens with one attached hydrogen (secondary N) is 3. The van der Waals surface area contributed by atoms with E-state index in [1.54, 1.807) is 46.2 Å². The average Bonchev–Trinajstić information content (AvgIpc) is 3.26. The number of methoxy groups -OCH3 is 1. The summed E-state index contributed by atoms with van der Waals surface area (Å²) in [7, 11) is -3.59. The van der Waals surface area contributed by atoms with Crippen LogP contribution in [0.2, 0.25) is 0 Å². The van der Waals surface area contributed by atoms with E-state index >= 15 is 0 Å². The Kier molecular flexibility index (Phi) is 9.01. The molecule has 0 spiro atoms. The van der Waals surface area contributed by atoms with Crippen LogP contribution in [0.4, 0.5) is 11.4 Å². The third kappa shape index (κ3) is 7.68. The molecule has 194 valence electrons. The molecule has 0 aliphatic heterocycles. The molecule has 0 radical (unpaired) electrons. The van der Waals surface area contributed by atoms with Crippen LogP contribution in [0.5, 0.6) is 0 Å². The smallest absolute Gasteiger partial charge is 0.241 e. The molecule has 0 aliphatic rings. The molecule has 0 bridgehead atoms. The van der Waals surface area contributed by atoms with Crippen LogP contribution in [0.15, 0.2) is 53.6 Å². The summed E-state index contributed by atoms with van der Waals surface area (Å²) in [5.41, 5.74) is 1.72. The summed E-state index contributed by atoms with van der Waals surface area (Å²) >= 11 is 1.35. The molecule has 1 amide bonds. The Morgan fingerprint density at radius 1 is 1.11 bits per heavy atom. The number of benzene rings is 2. The summed E-state index contributed by atoms with van der Waals surface area (Å²) in [6.07, 6.45) is 1.63. The highest BCUT2D eigenvalue weighted by Crippen LogP contribution is 2.37. The number of anilines is 2. The van der Waals surface area contributed by atoms with Crippen LogP contribution in [0, 0.1) is 0 Å². The van der Waals surface area contributed by atoms with Crippen LogP contribution in [0.25, 0.3) is 21.0 Å². The number of aromatic nitrogens is 1. The zero-order valence-corrected chi connectivity index (χ0v) is 23.2. The lowest BCUT2D eigenvalue weighted by Gasteiger charge is -2.22. The first-order valence-corrected chi connectivity index (χ1v) is 14.7. The lowest BCUT2D eigenvalue weighted by atomic mass is 10.1. The molecule has 0 saturated heterocycles. The maximum atomic E-state index is 13.3. The fraction of sp³-hybridized carbons (Fsp3) is 0.333. The molecular formula is C24H30N4O5S3. The number of nitrogens with zero attached hydrogens (tertiary/aromatic N) is 1. The quantitative estimate of drug-likeness (QED) is 0.347. The van der Waals surface area contributed by atoms with Crippen LogP contribution < -0.4 is 14.8 Å². The van der Waals surface area contributed by atoms with Crippen LogP contribution >= 0.6 is 11.3 Å². The zero-order chi connectivity index (χ0) is 26.5. The van der Waals surface area contributed by atoms with E-state index in [1.165, 1.54) is 24.3 Å². The van der Waals surface area contributed by atoms with Gasteiger partial charge in [-0.15, -0.1) is 11.3 Å². The number of rotatable bonds is 10. The summed E-state index contributed by atoms with van der Waals surface area (Å²) in [6, 6.07) is 12.1. The van der Waals surface area contributed by atoms with Gasteiger partial charge in [0.25, 0.3) is 0 Å². The number of thiazole rings is 1. The van der Waals surface area contributed by atoms with Gasteiger partial charge in [-0.25, -0.2) is 22.3 Å². The van der Waals surface area contributed by atoms with Gasteiger partial charge in [-0.05, 0) is 57.2 Å². The van der Waals surface area contributed by atoms with Crippen molar-refractivity contribution < 1.29 is 22.2 Å². The Balaban J connectivity index is 1.93. The summed E-state index contributed by atoms with van der Waals surface area (Å²) < 4.78 is 49.1. The SMILES string of the molecule is COCCS(=O)Nc1ccc(-c2ncc(-c3ccc(NC(C)=O)cc3S(=O)(=O)NC(C)(C)C)s2)cc1. The summed E-state index contributed by atoms with van der Waals surface area (Å²) in [5.74, 6) is 0.0832. The van der Waals surface area contributed by atoms with Crippen LogP contribution in [0.1, 0.15) is 27.7 Å². The fourth-order valence-corrected chi connectivity index (χ4v) is 6.75. The summed E-state index contributed by atoms with van der Waals surface area (Å²) in [6.45, 7) is 7.05. The van der Waals surface area contributed by atoms with E-state index in [4.69, 9.17) is 4.74 Å². The van der Waals surface area contributed by atoms with Crippen molar-refractivity contribution in [3.8, 4) is 21.0 Å². The first kappa shape index (κ1) is 27.9. The molecule has 1 unspecified atom stereocenters.